The summed E-state index contributed by atoms with van der Waals surface area (Å²) in [7, 11) is -3.54. The summed E-state index contributed by atoms with van der Waals surface area (Å²) in [5, 5.41) is 0.230. The number of carbonyl (C=O) groups excluding carboxylic acids is 1. The number of rotatable bonds is 6. The van der Waals surface area contributed by atoms with Crippen LogP contribution in [0.2, 0.25) is 10.0 Å². The van der Waals surface area contributed by atoms with Gasteiger partial charge in [-0.05, 0) is 18.6 Å². The molecule has 1 aromatic rings. The third-order valence-electron chi connectivity index (χ3n) is 2.49. The van der Waals surface area contributed by atoms with Crippen molar-refractivity contribution in [2.75, 3.05) is 5.75 Å². The van der Waals surface area contributed by atoms with E-state index in [0.717, 1.165) is 0 Å². The molecule has 0 unspecified atom stereocenters. The van der Waals surface area contributed by atoms with Gasteiger partial charge in [0.2, 0.25) is 0 Å². The topological polar surface area (TPSA) is 51.2 Å². The minimum atomic E-state index is -3.54. The Morgan fingerprint density at radius 2 is 1.78 bits per heavy atom. The van der Waals surface area contributed by atoms with Crippen LogP contribution >= 0.6 is 23.2 Å². The van der Waals surface area contributed by atoms with Crippen LogP contribution in [0.3, 0.4) is 0 Å². The molecule has 100 valence electrons. The van der Waals surface area contributed by atoms with Crippen molar-refractivity contribution in [1.29, 1.82) is 0 Å². The molecule has 3 nitrogen and oxygen atoms in total. The molecule has 0 amide bonds. The molecule has 0 saturated heterocycles. The van der Waals surface area contributed by atoms with E-state index in [1.807, 2.05) is 0 Å². The molecule has 0 heterocycles. The first kappa shape index (κ1) is 15.5. The van der Waals surface area contributed by atoms with E-state index < -0.39 is 9.84 Å². The average Bonchev–Trinajstić information content (AvgIpc) is 2.27. The number of hydrogen-bond donors (Lipinski definition) is 0. The van der Waals surface area contributed by atoms with Gasteiger partial charge in [-0.1, -0.05) is 36.2 Å². The van der Waals surface area contributed by atoms with Crippen molar-refractivity contribution in [1.82, 2.24) is 0 Å². The Labute approximate surface area is 117 Å². The molecule has 0 N–H and O–H groups in total. The lowest BCUT2D eigenvalue weighted by molar-refractivity contribution is -0.118. The fourth-order valence-corrected chi connectivity index (χ4v) is 4.08. The highest BCUT2D eigenvalue weighted by Gasteiger charge is 2.21. The predicted molar refractivity (Wildman–Crippen MR) is 73.0 cm³/mol. The monoisotopic (exact) mass is 308 g/mol. The molecule has 0 atom stereocenters. The van der Waals surface area contributed by atoms with Gasteiger partial charge in [-0.2, -0.15) is 0 Å². The Bertz CT molecular complexity index is 518. The third-order valence-corrected chi connectivity index (χ3v) is 5.23. The van der Waals surface area contributed by atoms with Gasteiger partial charge in [-0.25, -0.2) is 8.42 Å². The van der Waals surface area contributed by atoms with E-state index in [0.29, 0.717) is 6.42 Å². The summed E-state index contributed by atoms with van der Waals surface area (Å²) in [6.45, 7) is 1.75. The second-order valence-electron chi connectivity index (χ2n) is 3.87. The van der Waals surface area contributed by atoms with Gasteiger partial charge in [0.05, 0.1) is 15.8 Å². The normalized spacial score (nSPS) is 11.5. The number of Topliss-reactive ketones (excluding diaryl/α,β-unsaturated/α-hetero) is 1. The zero-order valence-electron chi connectivity index (χ0n) is 9.95. The summed E-state index contributed by atoms with van der Waals surface area (Å²) in [6.07, 6.45) is 0.973. The average molecular weight is 309 g/mol. The first-order valence-electron chi connectivity index (χ1n) is 5.57. The molecule has 6 heteroatoms. The molecule has 0 bridgehead atoms. The van der Waals surface area contributed by atoms with E-state index in [-0.39, 0.29) is 39.3 Å². The highest BCUT2D eigenvalue weighted by molar-refractivity contribution is 7.91. The van der Waals surface area contributed by atoms with Crippen LogP contribution in [0.25, 0.3) is 0 Å². The molecule has 0 aliphatic rings. The Kier molecular flexibility index (Phi) is 5.63. The highest BCUT2D eigenvalue weighted by atomic mass is 35.5. The zero-order valence-corrected chi connectivity index (χ0v) is 12.3. The van der Waals surface area contributed by atoms with E-state index >= 15 is 0 Å². The van der Waals surface area contributed by atoms with Crippen molar-refractivity contribution in [2.24, 2.45) is 0 Å². The quantitative estimate of drug-likeness (QED) is 0.808. The van der Waals surface area contributed by atoms with Gasteiger partial charge >= 0.3 is 0 Å². The minimum absolute atomic E-state index is 0.0442. The maximum absolute atomic E-state index is 12.1. The van der Waals surface area contributed by atoms with Gasteiger partial charge < -0.3 is 0 Å². The van der Waals surface area contributed by atoms with E-state index in [4.69, 9.17) is 23.2 Å². The lowest BCUT2D eigenvalue weighted by Crippen LogP contribution is -2.10. The molecule has 1 aromatic carbocycles. The number of halogens is 2. The third kappa shape index (κ3) is 3.97. The number of ketones is 1. The van der Waals surface area contributed by atoms with Gasteiger partial charge in [-0.3, -0.25) is 4.79 Å². The van der Waals surface area contributed by atoms with Crippen LogP contribution in [0.1, 0.15) is 26.2 Å². The van der Waals surface area contributed by atoms with Crippen LogP contribution in [0.15, 0.2) is 23.1 Å². The smallest absolute Gasteiger partial charge is 0.181 e. The maximum Gasteiger partial charge on any atom is 0.181 e. The Hall–Kier alpha value is -0.580. The molecule has 0 aromatic heterocycles. The molecule has 18 heavy (non-hydrogen) atoms. The van der Waals surface area contributed by atoms with Gasteiger partial charge in [0.25, 0.3) is 0 Å². The van der Waals surface area contributed by atoms with E-state index in [2.05, 4.69) is 0 Å². The SMILES string of the molecule is CCC(=O)CCCS(=O)(=O)c1c(Cl)cccc1Cl. The van der Waals surface area contributed by atoms with E-state index in [1.54, 1.807) is 13.0 Å². The molecule has 0 aliphatic heterocycles. The van der Waals surface area contributed by atoms with Crippen molar-refractivity contribution >= 4 is 38.8 Å². The second kappa shape index (κ2) is 6.55. The molecule has 1 rings (SSSR count). The maximum atomic E-state index is 12.1. The van der Waals surface area contributed by atoms with E-state index in [1.165, 1.54) is 12.1 Å². The van der Waals surface area contributed by atoms with Gasteiger partial charge in [0.1, 0.15) is 10.7 Å². The standard InChI is InChI=1S/C12H14Cl2O3S/c1-2-9(15)5-4-8-18(16,17)12-10(13)6-3-7-11(12)14/h3,6-7H,2,4-5,8H2,1H3. The first-order chi connectivity index (χ1) is 8.38. The van der Waals surface area contributed by atoms with Crippen LogP contribution in [0, 0.1) is 0 Å². The van der Waals surface area contributed by atoms with Crippen molar-refractivity contribution in [3.05, 3.63) is 28.2 Å². The van der Waals surface area contributed by atoms with Crippen LogP contribution in [0.5, 0.6) is 0 Å². The Balaban J connectivity index is 2.84. The first-order valence-corrected chi connectivity index (χ1v) is 7.97. The summed E-state index contributed by atoms with van der Waals surface area (Å²) in [5.41, 5.74) is 0. The molecule has 0 radical (unpaired) electrons. The molecular weight excluding hydrogens is 295 g/mol. The number of carbonyl (C=O) groups is 1. The Morgan fingerprint density at radius 3 is 2.28 bits per heavy atom. The molecule has 0 fully saturated rings. The summed E-state index contributed by atoms with van der Waals surface area (Å²) in [4.78, 5) is 11.1. The zero-order chi connectivity index (χ0) is 13.8. The summed E-state index contributed by atoms with van der Waals surface area (Å²) < 4.78 is 24.1. The summed E-state index contributed by atoms with van der Waals surface area (Å²) >= 11 is 11.7. The van der Waals surface area contributed by atoms with Gasteiger partial charge in [0, 0.05) is 12.8 Å². The van der Waals surface area contributed by atoms with Crippen LogP contribution in [0.4, 0.5) is 0 Å². The highest BCUT2D eigenvalue weighted by Crippen LogP contribution is 2.30. The van der Waals surface area contributed by atoms with Crippen molar-refractivity contribution in [3.63, 3.8) is 0 Å². The minimum Gasteiger partial charge on any atom is -0.300 e. The van der Waals surface area contributed by atoms with Crippen LogP contribution in [-0.2, 0) is 14.6 Å². The fraction of sp³-hybridized carbons (Fsp3) is 0.417. The van der Waals surface area contributed by atoms with Gasteiger partial charge in [-0.15, -0.1) is 0 Å². The molecule has 0 saturated carbocycles. The Morgan fingerprint density at radius 1 is 1.22 bits per heavy atom. The number of hydrogen-bond acceptors (Lipinski definition) is 3. The molecule has 0 spiro atoms. The van der Waals surface area contributed by atoms with E-state index in [9.17, 15) is 13.2 Å². The number of sulfone groups is 1. The number of benzene rings is 1. The lowest BCUT2D eigenvalue weighted by Gasteiger charge is -2.08. The van der Waals surface area contributed by atoms with Crippen molar-refractivity contribution in [2.45, 2.75) is 31.1 Å². The molecule has 0 aliphatic carbocycles. The predicted octanol–water partition coefficient (Wildman–Crippen LogP) is 3.53. The van der Waals surface area contributed by atoms with Gasteiger partial charge in [0.15, 0.2) is 9.84 Å². The van der Waals surface area contributed by atoms with Crippen LogP contribution < -0.4 is 0 Å². The summed E-state index contributed by atoms with van der Waals surface area (Å²) in [5.74, 6) is -0.0715. The molecular formula is C12H14Cl2O3S. The largest absolute Gasteiger partial charge is 0.300 e. The van der Waals surface area contributed by atoms with Crippen molar-refractivity contribution < 1.29 is 13.2 Å². The van der Waals surface area contributed by atoms with Crippen molar-refractivity contribution in [3.8, 4) is 0 Å². The fourth-order valence-electron chi connectivity index (χ4n) is 1.52. The van der Waals surface area contributed by atoms with Crippen LogP contribution in [-0.4, -0.2) is 20.0 Å². The summed E-state index contributed by atoms with van der Waals surface area (Å²) in [6, 6.07) is 4.55. The second-order valence-corrected chi connectivity index (χ2v) is 6.73. The lowest BCUT2D eigenvalue weighted by atomic mass is 10.2.